The lowest BCUT2D eigenvalue weighted by molar-refractivity contribution is 0.318. The van der Waals surface area contributed by atoms with Gasteiger partial charge in [0.25, 0.3) is 5.88 Å². The van der Waals surface area contributed by atoms with E-state index in [-0.39, 0.29) is 0 Å². The molecule has 1 aliphatic heterocycles. The number of nitrogens with zero attached hydrogens (tertiary/aromatic N) is 1. The van der Waals surface area contributed by atoms with Gasteiger partial charge in [-0.15, -0.1) is 0 Å². The van der Waals surface area contributed by atoms with E-state index >= 15 is 0 Å². The lowest BCUT2D eigenvalue weighted by Gasteiger charge is -2.14. The van der Waals surface area contributed by atoms with Gasteiger partial charge in [-0.05, 0) is 19.1 Å². The van der Waals surface area contributed by atoms with Gasteiger partial charge >= 0.3 is 0 Å². The molecule has 1 aromatic rings. The Morgan fingerprint density at radius 3 is 3.08 bits per heavy atom. The Bertz CT molecular complexity index is 349. The van der Waals surface area contributed by atoms with Crippen molar-refractivity contribution in [2.45, 2.75) is 6.92 Å². The summed E-state index contributed by atoms with van der Waals surface area (Å²) in [5.74, 6) is 1.71. The summed E-state index contributed by atoms with van der Waals surface area (Å²) in [6.07, 6.45) is 1.49. The van der Waals surface area contributed by atoms with Crippen molar-refractivity contribution in [3.05, 3.63) is 29.3 Å². The maximum absolute atomic E-state index is 5.65. The van der Waals surface area contributed by atoms with Crippen LogP contribution in [0, 0.1) is 0 Å². The molecule has 0 bridgehead atoms. The fraction of sp³-hybridized carbons (Fsp3) is 0.125. The van der Waals surface area contributed by atoms with E-state index in [0.717, 1.165) is 0 Å². The molecular formula is C8H6ClNO2. The minimum absolute atomic E-state index is 0.394. The van der Waals surface area contributed by atoms with E-state index in [9.17, 15) is 0 Å². The normalized spacial score (nSPS) is 14.0. The number of aromatic nitrogens is 1. The van der Waals surface area contributed by atoms with Gasteiger partial charge in [0.15, 0.2) is 5.75 Å². The molecule has 1 aliphatic rings. The van der Waals surface area contributed by atoms with Crippen LogP contribution in [-0.4, -0.2) is 4.98 Å². The van der Waals surface area contributed by atoms with Gasteiger partial charge in [-0.1, -0.05) is 11.6 Å². The Morgan fingerprint density at radius 1 is 1.42 bits per heavy atom. The molecule has 0 spiro atoms. The number of ether oxygens (including phenoxy) is 2. The van der Waals surface area contributed by atoms with Gasteiger partial charge in [-0.3, -0.25) is 0 Å². The second-order valence-corrected chi connectivity index (χ2v) is 2.77. The molecule has 0 aliphatic carbocycles. The van der Waals surface area contributed by atoms with Crippen molar-refractivity contribution >= 4 is 11.6 Å². The van der Waals surface area contributed by atoms with Crippen molar-refractivity contribution in [1.82, 2.24) is 4.98 Å². The van der Waals surface area contributed by atoms with E-state index in [2.05, 4.69) is 4.98 Å². The van der Waals surface area contributed by atoms with Crippen molar-refractivity contribution < 1.29 is 9.47 Å². The Morgan fingerprint density at radius 2 is 2.25 bits per heavy atom. The topological polar surface area (TPSA) is 31.4 Å². The van der Waals surface area contributed by atoms with Gasteiger partial charge in [0.05, 0.1) is 0 Å². The van der Waals surface area contributed by atoms with Crippen molar-refractivity contribution in [3.8, 4) is 11.6 Å². The first-order valence-electron chi connectivity index (χ1n) is 3.43. The van der Waals surface area contributed by atoms with Crippen LogP contribution in [-0.2, 0) is 0 Å². The molecule has 0 amide bonds. The van der Waals surface area contributed by atoms with Crippen LogP contribution in [0.2, 0.25) is 5.15 Å². The number of hydrogen-bond acceptors (Lipinski definition) is 3. The third-order valence-corrected chi connectivity index (χ3v) is 1.61. The molecule has 0 fully saturated rings. The average Bonchev–Trinajstić information content (AvgIpc) is 2.05. The van der Waals surface area contributed by atoms with Gasteiger partial charge in [0.2, 0.25) is 0 Å². The van der Waals surface area contributed by atoms with Crippen LogP contribution < -0.4 is 9.47 Å². The first kappa shape index (κ1) is 7.43. The summed E-state index contributed by atoms with van der Waals surface area (Å²) in [6.45, 7) is 1.80. The van der Waals surface area contributed by atoms with E-state index < -0.39 is 0 Å². The van der Waals surface area contributed by atoms with Crippen molar-refractivity contribution in [3.63, 3.8) is 0 Å². The fourth-order valence-electron chi connectivity index (χ4n) is 0.904. The minimum Gasteiger partial charge on any atom is -0.453 e. The zero-order chi connectivity index (χ0) is 8.55. The van der Waals surface area contributed by atoms with Crippen molar-refractivity contribution in [1.29, 1.82) is 0 Å². The molecule has 2 heterocycles. The van der Waals surface area contributed by atoms with E-state index in [4.69, 9.17) is 21.1 Å². The molecule has 0 aromatic carbocycles. The summed E-state index contributed by atoms with van der Waals surface area (Å²) in [5.41, 5.74) is 0. The molecule has 12 heavy (non-hydrogen) atoms. The molecule has 4 heteroatoms. The molecule has 2 rings (SSSR count). The van der Waals surface area contributed by atoms with Crippen LogP contribution in [0.25, 0.3) is 0 Å². The largest absolute Gasteiger partial charge is 0.453 e. The second kappa shape index (κ2) is 2.68. The zero-order valence-electron chi connectivity index (χ0n) is 6.37. The minimum atomic E-state index is 0.394. The lowest BCUT2D eigenvalue weighted by Crippen LogP contribution is -2.03. The molecule has 0 saturated heterocycles. The first-order chi connectivity index (χ1) is 5.75. The number of halogens is 1. The molecule has 1 aromatic heterocycles. The summed E-state index contributed by atoms with van der Waals surface area (Å²) in [6, 6.07) is 3.38. The summed E-state index contributed by atoms with van der Waals surface area (Å²) < 4.78 is 10.4. The maximum Gasteiger partial charge on any atom is 0.264 e. The molecule has 0 unspecified atom stereocenters. The van der Waals surface area contributed by atoms with Crippen LogP contribution in [0.15, 0.2) is 24.2 Å². The van der Waals surface area contributed by atoms with Gasteiger partial charge in [-0.2, -0.15) is 4.98 Å². The summed E-state index contributed by atoms with van der Waals surface area (Å²) in [7, 11) is 0. The quantitative estimate of drug-likeness (QED) is 0.579. The highest BCUT2D eigenvalue weighted by molar-refractivity contribution is 6.29. The molecule has 0 N–H and O–H groups in total. The standard InChI is InChI=1S/C8H6ClNO2/c1-5-4-11-8-6(12-5)2-3-7(9)10-8/h2-4H,1H3. The van der Waals surface area contributed by atoms with Crippen molar-refractivity contribution in [2.24, 2.45) is 0 Å². The van der Waals surface area contributed by atoms with E-state index in [1.165, 1.54) is 6.26 Å². The van der Waals surface area contributed by atoms with E-state index in [1.807, 2.05) is 0 Å². The third-order valence-electron chi connectivity index (χ3n) is 1.40. The smallest absolute Gasteiger partial charge is 0.264 e. The SMILES string of the molecule is CC1=COc2nc(Cl)ccc2O1. The number of hydrogen-bond donors (Lipinski definition) is 0. The van der Waals surface area contributed by atoms with Crippen molar-refractivity contribution in [2.75, 3.05) is 0 Å². The number of allylic oxidation sites excluding steroid dienone is 1. The predicted octanol–water partition coefficient (Wildman–Crippen LogP) is 2.37. The zero-order valence-corrected chi connectivity index (χ0v) is 7.13. The van der Waals surface area contributed by atoms with Crippen LogP contribution in [0.1, 0.15) is 6.92 Å². The summed E-state index contributed by atoms with van der Waals surface area (Å²) >= 11 is 5.65. The number of pyridine rings is 1. The Balaban J connectivity index is 2.43. The van der Waals surface area contributed by atoms with Crippen LogP contribution in [0.4, 0.5) is 0 Å². The van der Waals surface area contributed by atoms with Gasteiger partial charge in [-0.25, -0.2) is 0 Å². The highest BCUT2D eigenvalue weighted by Gasteiger charge is 2.12. The predicted molar refractivity (Wildman–Crippen MR) is 44.3 cm³/mol. The highest BCUT2D eigenvalue weighted by atomic mass is 35.5. The molecular weight excluding hydrogens is 178 g/mol. The summed E-state index contributed by atoms with van der Waals surface area (Å²) in [4.78, 5) is 3.92. The van der Waals surface area contributed by atoms with E-state index in [0.29, 0.717) is 22.5 Å². The summed E-state index contributed by atoms with van der Waals surface area (Å²) in [5, 5.41) is 0.394. The Labute approximate surface area is 74.6 Å². The highest BCUT2D eigenvalue weighted by Crippen LogP contribution is 2.31. The lowest BCUT2D eigenvalue weighted by atomic mass is 10.4. The van der Waals surface area contributed by atoms with Gasteiger partial charge in [0, 0.05) is 0 Å². The molecule has 3 nitrogen and oxygen atoms in total. The average molecular weight is 184 g/mol. The van der Waals surface area contributed by atoms with Crippen LogP contribution in [0.5, 0.6) is 11.6 Å². The third kappa shape index (κ3) is 1.23. The number of fused-ring (bicyclic) bond motifs is 1. The monoisotopic (exact) mass is 183 g/mol. The molecule has 0 radical (unpaired) electrons. The molecule has 0 saturated carbocycles. The first-order valence-corrected chi connectivity index (χ1v) is 3.81. The second-order valence-electron chi connectivity index (χ2n) is 2.39. The van der Waals surface area contributed by atoms with Crippen LogP contribution in [0.3, 0.4) is 0 Å². The van der Waals surface area contributed by atoms with Crippen LogP contribution >= 0.6 is 11.6 Å². The van der Waals surface area contributed by atoms with E-state index in [1.54, 1.807) is 19.1 Å². The molecule has 0 atom stereocenters. The fourth-order valence-corrected chi connectivity index (χ4v) is 1.04. The van der Waals surface area contributed by atoms with Gasteiger partial charge in [0.1, 0.15) is 17.2 Å². The maximum atomic E-state index is 5.65. The molecule has 62 valence electrons. The van der Waals surface area contributed by atoms with Gasteiger partial charge < -0.3 is 9.47 Å². The Kier molecular flexibility index (Phi) is 1.66. The Hall–Kier alpha value is -1.22. The number of rotatable bonds is 0.